The molecule has 1 unspecified atom stereocenters. The molecule has 0 spiro atoms. The molecule has 20 heavy (non-hydrogen) atoms. The predicted octanol–water partition coefficient (Wildman–Crippen LogP) is 2.49. The van der Waals surface area contributed by atoms with Crippen molar-refractivity contribution in [2.24, 2.45) is 5.41 Å². The summed E-state index contributed by atoms with van der Waals surface area (Å²) >= 11 is 0. The molecule has 1 rings (SSSR count). The Morgan fingerprint density at radius 1 is 1.45 bits per heavy atom. The van der Waals surface area contributed by atoms with Crippen LogP contribution in [-0.4, -0.2) is 33.7 Å². The van der Waals surface area contributed by atoms with Crippen LogP contribution in [0, 0.1) is 12.3 Å². The molecule has 0 fully saturated rings. The van der Waals surface area contributed by atoms with Crippen molar-refractivity contribution in [3.05, 3.63) is 11.8 Å². The lowest BCUT2D eigenvalue weighted by molar-refractivity contribution is -0.137. The third kappa shape index (κ3) is 5.03. The number of aliphatic carboxylic acids is 1. The molecule has 0 aliphatic rings. The number of nitrogens with zero attached hydrogens (tertiary/aromatic N) is 2. The second-order valence-corrected chi connectivity index (χ2v) is 5.76. The number of rotatable bonds is 6. The minimum Gasteiger partial charge on any atom is -0.481 e. The van der Waals surface area contributed by atoms with E-state index in [1.807, 2.05) is 34.6 Å². The summed E-state index contributed by atoms with van der Waals surface area (Å²) in [6.45, 7) is 10.2. The third-order valence-corrected chi connectivity index (χ3v) is 2.85. The maximum atomic E-state index is 11.0. The van der Waals surface area contributed by atoms with Crippen LogP contribution in [0.3, 0.4) is 0 Å². The fraction of sp³-hybridized carbons (Fsp3) is 0.643. The van der Waals surface area contributed by atoms with Gasteiger partial charge in [-0.1, -0.05) is 20.8 Å². The molecular weight excluding hydrogens is 258 g/mol. The molecule has 0 bridgehead atoms. The third-order valence-electron chi connectivity index (χ3n) is 2.85. The Morgan fingerprint density at radius 3 is 2.60 bits per heavy atom. The molecule has 112 valence electrons. The molecule has 0 aliphatic carbocycles. The van der Waals surface area contributed by atoms with E-state index >= 15 is 0 Å². The molecule has 1 atom stereocenters. The van der Waals surface area contributed by atoms with E-state index in [0.717, 1.165) is 5.69 Å². The number of hydrogen-bond acceptors (Lipinski definition) is 5. The molecule has 0 aromatic carbocycles. The van der Waals surface area contributed by atoms with Gasteiger partial charge >= 0.3 is 5.97 Å². The van der Waals surface area contributed by atoms with E-state index in [0.29, 0.717) is 18.4 Å². The molecule has 0 saturated carbocycles. The highest BCUT2D eigenvalue weighted by Gasteiger charge is 2.27. The number of nitrogens with one attached hydrogen (secondary N) is 1. The molecule has 1 aromatic heterocycles. The number of ether oxygens (including phenoxy) is 1. The molecule has 2 N–H and O–H groups in total. The number of carboxylic acid groups (broad SMARTS) is 1. The van der Waals surface area contributed by atoms with Gasteiger partial charge in [-0.2, -0.15) is 4.98 Å². The number of hydrogen-bond donors (Lipinski definition) is 2. The van der Waals surface area contributed by atoms with Crippen molar-refractivity contribution in [3.63, 3.8) is 0 Å². The van der Waals surface area contributed by atoms with Gasteiger partial charge < -0.3 is 15.2 Å². The Kier molecular flexibility index (Phi) is 5.30. The molecule has 6 nitrogen and oxygen atoms in total. The molecule has 6 heteroatoms. The smallest absolute Gasteiger partial charge is 0.305 e. The van der Waals surface area contributed by atoms with Crippen LogP contribution in [0.15, 0.2) is 6.07 Å². The van der Waals surface area contributed by atoms with Crippen molar-refractivity contribution in [2.45, 2.75) is 47.1 Å². The van der Waals surface area contributed by atoms with Crippen molar-refractivity contribution in [2.75, 3.05) is 11.9 Å². The summed E-state index contributed by atoms with van der Waals surface area (Å²) < 4.78 is 5.37. The van der Waals surface area contributed by atoms with E-state index in [-0.39, 0.29) is 17.9 Å². The first-order valence-electron chi connectivity index (χ1n) is 6.69. The number of carboxylic acids is 1. The van der Waals surface area contributed by atoms with E-state index in [2.05, 4.69) is 15.3 Å². The first-order valence-corrected chi connectivity index (χ1v) is 6.69. The Morgan fingerprint density at radius 2 is 2.10 bits per heavy atom. The normalized spacial score (nSPS) is 12.8. The monoisotopic (exact) mass is 281 g/mol. The Labute approximate surface area is 119 Å². The van der Waals surface area contributed by atoms with Crippen LogP contribution in [0.2, 0.25) is 0 Å². The van der Waals surface area contributed by atoms with E-state index < -0.39 is 5.97 Å². The van der Waals surface area contributed by atoms with Gasteiger partial charge in [0.1, 0.15) is 0 Å². The van der Waals surface area contributed by atoms with E-state index in [1.54, 1.807) is 6.07 Å². The Balaban J connectivity index is 2.95. The first-order chi connectivity index (χ1) is 9.22. The summed E-state index contributed by atoms with van der Waals surface area (Å²) in [5.41, 5.74) is 0.547. The van der Waals surface area contributed by atoms with Gasteiger partial charge in [-0.3, -0.25) is 4.79 Å². The SMILES string of the molecule is CCOc1cc(C)nc(NC(CC(=O)O)C(C)(C)C)n1. The van der Waals surface area contributed by atoms with Crippen LogP contribution in [-0.2, 0) is 4.79 Å². The van der Waals surface area contributed by atoms with Gasteiger partial charge in [0, 0.05) is 17.8 Å². The van der Waals surface area contributed by atoms with Gasteiger partial charge in [-0.25, -0.2) is 4.98 Å². The summed E-state index contributed by atoms with van der Waals surface area (Å²) in [5.74, 6) is 0.0372. The molecule has 0 saturated heterocycles. The number of aryl methyl sites for hydroxylation is 1. The lowest BCUT2D eigenvalue weighted by atomic mass is 9.85. The zero-order valence-corrected chi connectivity index (χ0v) is 12.7. The van der Waals surface area contributed by atoms with Crippen LogP contribution >= 0.6 is 0 Å². The molecule has 0 amide bonds. The van der Waals surface area contributed by atoms with Crippen molar-refractivity contribution < 1.29 is 14.6 Å². The van der Waals surface area contributed by atoms with Crippen LogP contribution in [0.1, 0.15) is 39.8 Å². The molecule has 0 aliphatic heterocycles. The summed E-state index contributed by atoms with van der Waals surface area (Å²) in [4.78, 5) is 19.5. The fourth-order valence-electron chi connectivity index (χ4n) is 1.73. The van der Waals surface area contributed by atoms with Gasteiger partial charge in [0.05, 0.1) is 13.0 Å². The Hall–Kier alpha value is -1.85. The topological polar surface area (TPSA) is 84.3 Å². The zero-order valence-electron chi connectivity index (χ0n) is 12.7. The fourth-order valence-corrected chi connectivity index (χ4v) is 1.73. The first kappa shape index (κ1) is 16.2. The van der Waals surface area contributed by atoms with Crippen molar-refractivity contribution in [1.82, 2.24) is 9.97 Å². The number of anilines is 1. The van der Waals surface area contributed by atoms with Gasteiger partial charge in [0.15, 0.2) is 0 Å². The van der Waals surface area contributed by atoms with E-state index in [4.69, 9.17) is 9.84 Å². The molecule has 1 aromatic rings. The molecule has 1 heterocycles. The van der Waals surface area contributed by atoms with Crippen molar-refractivity contribution in [1.29, 1.82) is 0 Å². The zero-order chi connectivity index (χ0) is 15.3. The lowest BCUT2D eigenvalue weighted by Crippen LogP contribution is -2.36. The lowest BCUT2D eigenvalue weighted by Gasteiger charge is -2.30. The average Bonchev–Trinajstić information content (AvgIpc) is 2.25. The highest BCUT2D eigenvalue weighted by atomic mass is 16.5. The van der Waals surface area contributed by atoms with Crippen LogP contribution in [0.4, 0.5) is 5.95 Å². The standard InChI is InChI=1S/C14H23N3O3/c1-6-20-11-7-9(2)15-13(17-11)16-10(8-12(18)19)14(3,4)5/h7,10H,6,8H2,1-5H3,(H,18,19)(H,15,16,17). The number of carbonyl (C=O) groups is 1. The summed E-state index contributed by atoms with van der Waals surface area (Å²) in [6, 6.07) is 1.48. The second-order valence-electron chi connectivity index (χ2n) is 5.76. The molecular formula is C14H23N3O3. The second kappa shape index (κ2) is 6.54. The van der Waals surface area contributed by atoms with Gasteiger partial charge in [0.25, 0.3) is 0 Å². The van der Waals surface area contributed by atoms with Crippen LogP contribution in [0.5, 0.6) is 5.88 Å². The summed E-state index contributed by atoms with van der Waals surface area (Å²) in [7, 11) is 0. The summed E-state index contributed by atoms with van der Waals surface area (Å²) in [5, 5.41) is 12.1. The highest BCUT2D eigenvalue weighted by Crippen LogP contribution is 2.25. The number of aromatic nitrogens is 2. The quantitative estimate of drug-likeness (QED) is 0.833. The largest absolute Gasteiger partial charge is 0.481 e. The summed E-state index contributed by atoms with van der Waals surface area (Å²) in [6.07, 6.45) is 0.00473. The van der Waals surface area contributed by atoms with E-state index in [9.17, 15) is 4.79 Å². The highest BCUT2D eigenvalue weighted by molar-refractivity contribution is 5.68. The van der Waals surface area contributed by atoms with E-state index in [1.165, 1.54) is 0 Å². The van der Waals surface area contributed by atoms with Crippen molar-refractivity contribution in [3.8, 4) is 5.88 Å². The Bertz CT molecular complexity index is 469. The van der Waals surface area contributed by atoms with Crippen LogP contribution < -0.4 is 10.1 Å². The average molecular weight is 281 g/mol. The van der Waals surface area contributed by atoms with Crippen LogP contribution in [0.25, 0.3) is 0 Å². The van der Waals surface area contributed by atoms with Gasteiger partial charge in [-0.15, -0.1) is 0 Å². The maximum Gasteiger partial charge on any atom is 0.305 e. The van der Waals surface area contributed by atoms with Gasteiger partial charge in [-0.05, 0) is 19.3 Å². The maximum absolute atomic E-state index is 11.0. The minimum atomic E-state index is -0.852. The van der Waals surface area contributed by atoms with Gasteiger partial charge in [0.2, 0.25) is 11.8 Å². The predicted molar refractivity (Wildman–Crippen MR) is 77.1 cm³/mol. The minimum absolute atomic E-state index is 0.00473. The molecule has 0 radical (unpaired) electrons. The van der Waals surface area contributed by atoms with Crippen molar-refractivity contribution >= 4 is 11.9 Å².